The Balaban J connectivity index is 3.28. The third kappa shape index (κ3) is 1.92. The molecule has 0 unspecified atom stereocenters. The molecule has 13 heavy (non-hydrogen) atoms. The molecule has 3 nitrogen and oxygen atoms in total. The van der Waals surface area contributed by atoms with Crippen LogP contribution in [0.15, 0.2) is 12.1 Å². The van der Waals surface area contributed by atoms with E-state index in [0.717, 1.165) is 5.56 Å². The van der Waals surface area contributed by atoms with Gasteiger partial charge in [0.15, 0.2) is 17.8 Å². The zero-order valence-electron chi connectivity index (χ0n) is 7.08. The van der Waals surface area contributed by atoms with E-state index in [1.54, 1.807) is 6.07 Å². The number of phenolic OH excluding ortho intramolecular Hbond substituents is 1. The summed E-state index contributed by atoms with van der Waals surface area (Å²) in [6.07, 6.45) is 0.563. The van der Waals surface area contributed by atoms with Gasteiger partial charge in [0.25, 0.3) is 0 Å². The number of halogens is 1. The van der Waals surface area contributed by atoms with E-state index in [2.05, 4.69) is 0 Å². The van der Waals surface area contributed by atoms with Crippen LogP contribution in [-0.2, 0) is 5.88 Å². The summed E-state index contributed by atoms with van der Waals surface area (Å²) in [5.74, 6) is 0.393. The summed E-state index contributed by atoms with van der Waals surface area (Å²) in [4.78, 5) is 10.5. The van der Waals surface area contributed by atoms with Gasteiger partial charge >= 0.3 is 0 Å². The molecule has 0 aliphatic carbocycles. The van der Waals surface area contributed by atoms with Crippen LogP contribution in [0.1, 0.15) is 15.9 Å². The summed E-state index contributed by atoms with van der Waals surface area (Å²) < 4.78 is 4.86. The van der Waals surface area contributed by atoms with Crippen molar-refractivity contribution >= 4 is 17.9 Å². The van der Waals surface area contributed by atoms with Gasteiger partial charge in [-0.05, 0) is 17.7 Å². The molecule has 0 saturated carbocycles. The lowest BCUT2D eigenvalue weighted by Gasteiger charge is -2.06. The number of hydrogen-bond acceptors (Lipinski definition) is 3. The van der Waals surface area contributed by atoms with Crippen molar-refractivity contribution in [2.24, 2.45) is 0 Å². The summed E-state index contributed by atoms with van der Waals surface area (Å²) in [5.41, 5.74) is 0.924. The molecule has 0 atom stereocenters. The van der Waals surface area contributed by atoms with E-state index in [9.17, 15) is 9.90 Å². The Labute approximate surface area is 80.9 Å². The van der Waals surface area contributed by atoms with Gasteiger partial charge in [0, 0.05) is 5.88 Å². The van der Waals surface area contributed by atoms with E-state index in [4.69, 9.17) is 16.3 Å². The summed E-state index contributed by atoms with van der Waals surface area (Å²) in [6, 6.07) is 3.12. The molecule has 0 amide bonds. The van der Waals surface area contributed by atoms with E-state index in [0.29, 0.717) is 6.29 Å². The van der Waals surface area contributed by atoms with Crippen molar-refractivity contribution in [1.29, 1.82) is 0 Å². The van der Waals surface area contributed by atoms with Gasteiger partial charge in [0.1, 0.15) is 0 Å². The number of alkyl halides is 1. The molecule has 4 heteroatoms. The van der Waals surface area contributed by atoms with Gasteiger partial charge in [-0.2, -0.15) is 0 Å². The smallest absolute Gasteiger partial charge is 0.168 e. The lowest BCUT2D eigenvalue weighted by molar-refractivity contribution is 0.112. The number of benzene rings is 1. The SMILES string of the molecule is COc1cc(CCl)cc(C=O)c1O. The summed E-state index contributed by atoms with van der Waals surface area (Å²) in [6.45, 7) is 0. The average molecular weight is 201 g/mol. The number of carbonyl (C=O) groups excluding carboxylic acids is 1. The third-order valence-electron chi connectivity index (χ3n) is 1.67. The van der Waals surface area contributed by atoms with E-state index in [-0.39, 0.29) is 22.9 Å². The average Bonchev–Trinajstić information content (AvgIpc) is 2.18. The minimum Gasteiger partial charge on any atom is -0.504 e. The number of aromatic hydroxyl groups is 1. The molecule has 0 saturated heterocycles. The molecule has 0 aliphatic rings. The Kier molecular flexibility index (Phi) is 3.14. The zero-order valence-corrected chi connectivity index (χ0v) is 7.84. The van der Waals surface area contributed by atoms with Crippen molar-refractivity contribution in [2.75, 3.05) is 7.11 Å². The summed E-state index contributed by atoms with van der Waals surface area (Å²) >= 11 is 5.58. The molecule has 1 aromatic carbocycles. The number of rotatable bonds is 3. The maximum Gasteiger partial charge on any atom is 0.168 e. The second kappa shape index (κ2) is 4.14. The third-order valence-corrected chi connectivity index (χ3v) is 1.97. The molecule has 0 fully saturated rings. The quantitative estimate of drug-likeness (QED) is 0.599. The van der Waals surface area contributed by atoms with Crippen LogP contribution in [0.25, 0.3) is 0 Å². The predicted molar refractivity (Wildman–Crippen MR) is 49.6 cm³/mol. The molecule has 0 aliphatic heterocycles. The number of ether oxygens (including phenoxy) is 1. The number of phenols is 1. The van der Waals surface area contributed by atoms with Gasteiger partial charge < -0.3 is 9.84 Å². The number of carbonyl (C=O) groups is 1. The van der Waals surface area contributed by atoms with Crippen molar-refractivity contribution in [2.45, 2.75) is 5.88 Å². The standard InChI is InChI=1S/C9H9ClO3/c1-13-8-3-6(4-10)2-7(5-11)9(8)12/h2-3,5,12H,4H2,1H3. The first kappa shape index (κ1) is 9.86. The Morgan fingerprint density at radius 2 is 2.31 bits per heavy atom. The highest BCUT2D eigenvalue weighted by Crippen LogP contribution is 2.30. The molecule has 1 N–H and O–H groups in total. The topological polar surface area (TPSA) is 46.5 Å². The minimum absolute atomic E-state index is 0.147. The maximum absolute atomic E-state index is 10.5. The lowest BCUT2D eigenvalue weighted by Crippen LogP contribution is -1.91. The highest BCUT2D eigenvalue weighted by Gasteiger charge is 2.08. The maximum atomic E-state index is 10.5. The summed E-state index contributed by atoms with van der Waals surface area (Å²) in [7, 11) is 1.42. The highest BCUT2D eigenvalue weighted by atomic mass is 35.5. The van der Waals surface area contributed by atoms with Crippen molar-refractivity contribution in [3.63, 3.8) is 0 Å². The van der Waals surface area contributed by atoms with Crippen LogP contribution in [0.2, 0.25) is 0 Å². The molecular formula is C9H9ClO3. The summed E-state index contributed by atoms with van der Waals surface area (Å²) in [5, 5.41) is 9.41. The number of hydrogen-bond donors (Lipinski definition) is 1. The van der Waals surface area contributed by atoms with Crippen molar-refractivity contribution in [3.8, 4) is 11.5 Å². The normalized spacial score (nSPS) is 9.69. The monoisotopic (exact) mass is 200 g/mol. The number of aldehydes is 1. The van der Waals surface area contributed by atoms with Crippen LogP contribution in [0, 0.1) is 0 Å². The van der Waals surface area contributed by atoms with E-state index >= 15 is 0 Å². The lowest BCUT2D eigenvalue weighted by atomic mass is 10.1. The fourth-order valence-corrected chi connectivity index (χ4v) is 1.17. The van der Waals surface area contributed by atoms with Crippen molar-refractivity contribution < 1.29 is 14.6 Å². The Bertz CT molecular complexity index is 323. The largest absolute Gasteiger partial charge is 0.504 e. The number of methoxy groups -OCH3 is 1. The molecule has 0 bridgehead atoms. The molecule has 1 rings (SSSR count). The van der Waals surface area contributed by atoms with Gasteiger partial charge in [-0.25, -0.2) is 0 Å². The molecule has 0 aromatic heterocycles. The van der Waals surface area contributed by atoms with Crippen LogP contribution in [0.5, 0.6) is 11.5 Å². The Morgan fingerprint density at radius 3 is 2.77 bits per heavy atom. The second-order valence-corrected chi connectivity index (χ2v) is 2.75. The minimum atomic E-state index is -0.147. The van der Waals surface area contributed by atoms with Gasteiger partial charge in [-0.1, -0.05) is 0 Å². The fourth-order valence-electron chi connectivity index (χ4n) is 1.01. The molecule has 70 valence electrons. The van der Waals surface area contributed by atoms with Gasteiger partial charge in [0.05, 0.1) is 12.7 Å². The van der Waals surface area contributed by atoms with Crippen molar-refractivity contribution in [1.82, 2.24) is 0 Å². The van der Waals surface area contributed by atoms with Crippen LogP contribution < -0.4 is 4.74 Å². The predicted octanol–water partition coefficient (Wildman–Crippen LogP) is 1.95. The molecule has 1 aromatic rings. The van der Waals surface area contributed by atoms with Gasteiger partial charge in [-0.15, -0.1) is 11.6 Å². The first-order valence-electron chi connectivity index (χ1n) is 3.64. The van der Waals surface area contributed by atoms with Crippen LogP contribution >= 0.6 is 11.6 Å². The molecule has 0 spiro atoms. The van der Waals surface area contributed by atoms with Crippen molar-refractivity contribution in [3.05, 3.63) is 23.3 Å². The van der Waals surface area contributed by atoms with E-state index in [1.807, 2.05) is 0 Å². The second-order valence-electron chi connectivity index (χ2n) is 2.49. The first-order chi connectivity index (χ1) is 6.22. The molecule has 0 radical (unpaired) electrons. The molecule has 0 heterocycles. The zero-order chi connectivity index (χ0) is 9.84. The Morgan fingerprint density at radius 1 is 1.62 bits per heavy atom. The van der Waals surface area contributed by atoms with Gasteiger partial charge in [-0.3, -0.25) is 4.79 Å². The Hall–Kier alpha value is -1.22. The first-order valence-corrected chi connectivity index (χ1v) is 4.17. The van der Waals surface area contributed by atoms with E-state index in [1.165, 1.54) is 13.2 Å². The van der Waals surface area contributed by atoms with E-state index < -0.39 is 0 Å². The van der Waals surface area contributed by atoms with Gasteiger partial charge in [0.2, 0.25) is 0 Å². The fraction of sp³-hybridized carbons (Fsp3) is 0.222. The molecular weight excluding hydrogens is 192 g/mol. The highest BCUT2D eigenvalue weighted by molar-refractivity contribution is 6.17. The van der Waals surface area contributed by atoms with Crippen LogP contribution in [-0.4, -0.2) is 18.5 Å². The van der Waals surface area contributed by atoms with Crippen LogP contribution in [0.3, 0.4) is 0 Å². The van der Waals surface area contributed by atoms with Crippen LogP contribution in [0.4, 0.5) is 0 Å².